The Morgan fingerprint density at radius 3 is 2.30 bits per heavy atom. The molecule has 1 fully saturated rings. The third-order valence-electron chi connectivity index (χ3n) is 5.90. The number of aryl methyl sites for hydroxylation is 1. The highest BCUT2D eigenvalue weighted by Gasteiger charge is 2.29. The first-order valence-electron chi connectivity index (χ1n) is 12.6. The number of carboxylic acids is 1. The van der Waals surface area contributed by atoms with Crippen LogP contribution in [0.5, 0.6) is 11.5 Å². The van der Waals surface area contributed by atoms with Crippen molar-refractivity contribution in [1.82, 2.24) is 0 Å². The molecule has 0 heterocycles. The minimum absolute atomic E-state index is 0.0415. The standard InChI is InChI=1S/C28H30F2O4.C3H6/c1-28(2,3)27(30)24-15-19(8-11-22(24)23-16-20(33-4)10-12-25(23)29)17-34-21-7-5-6-18(14-21)9-13-26(31)32;1-2-3-1/h5-8,10-12,14-16,27H,9,13,17H2,1-4H3,(H,31,32);1-3H2. The number of hydrogen-bond acceptors (Lipinski definition) is 3. The fourth-order valence-corrected chi connectivity index (χ4v) is 3.67. The van der Waals surface area contributed by atoms with Gasteiger partial charge in [-0.2, -0.15) is 0 Å². The summed E-state index contributed by atoms with van der Waals surface area (Å²) >= 11 is 0. The van der Waals surface area contributed by atoms with Gasteiger partial charge in [-0.25, -0.2) is 8.78 Å². The first kappa shape index (κ1) is 28.2. The molecule has 0 bridgehead atoms. The van der Waals surface area contributed by atoms with Crippen molar-refractivity contribution >= 4 is 5.97 Å². The van der Waals surface area contributed by atoms with Crippen molar-refractivity contribution in [3.05, 3.63) is 83.2 Å². The average molecular weight is 511 g/mol. The zero-order valence-electron chi connectivity index (χ0n) is 22.0. The minimum Gasteiger partial charge on any atom is -0.497 e. The topological polar surface area (TPSA) is 55.8 Å². The summed E-state index contributed by atoms with van der Waals surface area (Å²) in [6.07, 6.45) is 3.61. The number of alkyl halides is 1. The lowest BCUT2D eigenvalue weighted by Gasteiger charge is -2.27. The third-order valence-corrected chi connectivity index (χ3v) is 5.90. The molecular formula is C31H36F2O4. The van der Waals surface area contributed by atoms with Crippen LogP contribution in [0.15, 0.2) is 60.7 Å². The monoisotopic (exact) mass is 510 g/mol. The molecular weight excluding hydrogens is 474 g/mol. The molecule has 0 saturated heterocycles. The number of benzene rings is 3. The van der Waals surface area contributed by atoms with Crippen LogP contribution in [0.2, 0.25) is 0 Å². The van der Waals surface area contributed by atoms with Crippen LogP contribution in [-0.2, 0) is 17.8 Å². The first-order chi connectivity index (χ1) is 17.6. The Morgan fingerprint density at radius 1 is 0.946 bits per heavy atom. The predicted octanol–water partition coefficient (Wildman–Crippen LogP) is 8.32. The SMILES string of the molecule is C1CC1.COc1ccc(F)c(-c2ccc(COc3cccc(CCC(=O)O)c3)cc2C(F)C(C)(C)C)c1. The Kier molecular flexibility index (Phi) is 9.67. The molecule has 3 aromatic rings. The number of aliphatic carboxylic acids is 1. The second kappa shape index (κ2) is 12.7. The van der Waals surface area contributed by atoms with Gasteiger partial charge in [0.05, 0.1) is 7.11 Å². The molecule has 1 N–H and O–H groups in total. The van der Waals surface area contributed by atoms with Crippen molar-refractivity contribution in [3.63, 3.8) is 0 Å². The summed E-state index contributed by atoms with van der Waals surface area (Å²) in [5.41, 5.74) is 2.04. The van der Waals surface area contributed by atoms with E-state index in [1.807, 2.05) is 12.1 Å². The Labute approximate surface area is 218 Å². The molecule has 1 unspecified atom stereocenters. The second-order valence-corrected chi connectivity index (χ2v) is 10.4. The fourth-order valence-electron chi connectivity index (χ4n) is 3.67. The van der Waals surface area contributed by atoms with Crippen LogP contribution in [0, 0.1) is 11.2 Å². The van der Waals surface area contributed by atoms with E-state index in [9.17, 15) is 9.18 Å². The first-order valence-corrected chi connectivity index (χ1v) is 12.6. The van der Waals surface area contributed by atoms with Gasteiger partial charge in [-0.1, -0.05) is 64.3 Å². The van der Waals surface area contributed by atoms with Crippen LogP contribution in [0.1, 0.15) is 69.3 Å². The number of carboxylic acid groups (broad SMARTS) is 1. The highest BCUT2D eigenvalue weighted by molar-refractivity contribution is 5.70. The number of halogens is 2. The van der Waals surface area contributed by atoms with Crippen molar-refractivity contribution in [2.24, 2.45) is 5.41 Å². The van der Waals surface area contributed by atoms with Gasteiger partial charge in [0.2, 0.25) is 0 Å². The molecule has 0 amide bonds. The lowest BCUT2D eigenvalue weighted by atomic mass is 9.82. The van der Waals surface area contributed by atoms with Crippen LogP contribution < -0.4 is 9.47 Å². The molecule has 1 atom stereocenters. The molecule has 0 radical (unpaired) electrons. The smallest absolute Gasteiger partial charge is 0.303 e. The maximum Gasteiger partial charge on any atom is 0.303 e. The molecule has 0 aromatic heterocycles. The van der Waals surface area contributed by atoms with Crippen LogP contribution in [-0.4, -0.2) is 18.2 Å². The lowest BCUT2D eigenvalue weighted by Crippen LogP contribution is -2.15. The molecule has 4 rings (SSSR count). The maximum atomic E-state index is 15.6. The molecule has 0 aliphatic heterocycles. The predicted molar refractivity (Wildman–Crippen MR) is 142 cm³/mol. The Hall–Kier alpha value is -3.41. The van der Waals surface area contributed by atoms with Gasteiger partial charge in [0.15, 0.2) is 0 Å². The van der Waals surface area contributed by atoms with E-state index >= 15 is 4.39 Å². The molecule has 1 aliphatic carbocycles. The van der Waals surface area contributed by atoms with Gasteiger partial charge in [0, 0.05) is 12.0 Å². The van der Waals surface area contributed by atoms with E-state index in [1.165, 1.54) is 38.5 Å². The van der Waals surface area contributed by atoms with E-state index in [2.05, 4.69) is 0 Å². The summed E-state index contributed by atoms with van der Waals surface area (Å²) in [5, 5.41) is 8.88. The summed E-state index contributed by atoms with van der Waals surface area (Å²) in [6.45, 7) is 5.59. The Morgan fingerprint density at radius 2 is 1.68 bits per heavy atom. The number of ether oxygens (including phenoxy) is 2. The van der Waals surface area contributed by atoms with Gasteiger partial charge in [-0.3, -0.25) is 4.79 Å². The van der Waals surface area contributed by atoms with E-state index in [0.717, 1.165) is 11.1 Å². The van der Waals surface area contributed by atoms with Crippen molar-refractivity contribution in [2.75, 3.05) is 7.11 Å². The van der Waals surface area contributed by atoms with Gasteiger partial charge in [0.1, 0.15) is 30.1 Å². The fraction of sp³-hybridized carbons (Fsp3) is 0.387. The summed E-state index contributed by atoms with van der Waals surface area (Å²) in [6, 6.07) is 16.9. The summed E-state index contributed by atoms with van der Waals surface area (Å²) in [4.78, 5) is 10.8. The normalized spacial score (nSPS) is 13.2. The third kappa shape index (κ3) is 8.59. The summed E-state index contributed by atoms with van der Waals surface area (Å²) < 4.78 is 41.5. The summed E-state index contributed by atoms with van der Waals surface area (Å²) in [5.74, 6) is -0.222. The highest BCUT2D eigenvalue weighted by atomic mass is 19.1. The molecule has 37 heavy (non-hydrogen) atoms. The zero-order valence-corrected chi connectivity index (χ0v) is 22.0. The molecule has 3 aromatic carbocycles. The van der Waals surface area contributed by atoms with E-state index in [-0.39, 0.29) is 18.6 Å². The average Bonchev–Trinajstić information content (AvgIpc) is 3.76. The van der Waals surface area contributed by atoms with Gasteiger partial charge in [-0.15, -0.1) is 0 Å². The van der Waals surface area contributed by atoms with Crippen LogP contribution in [0.4, 0.5) is 8.78 Å². The minimum atomic E-state index is -1.34. The van der Waals surface area contributed by atoms with E-state index in [0.29, 0.717) is 29.0 Å². The van der Waals surface area contributed by atoms with E-state index in [4.69, 9.17) is 14.6 Å². The van der Waals surface area contributed by atoms with Gasteiger partial charge in [0.25, 0.3) is 0 Å². The van der Waals surface area contributed by atoms with E-state index in [1.54, 1.807) is 57.2 Å². The number of carbonyl (C=O) groups is 1. The van der Waals surface area contributed by atoms with Gasteiger partial charge >= 0.3 is 5.97 Å². The summed E-state index contributed by atoms with van der Waals surface area (Å²) in [7, 11) is 1.50. The van der Waals surface area contributed by atoms with Crippen LogP contribution in [0.3, 0.4) is 0 Å². The maximum absolute atomic E-state index is 15.6. The zero-order chi connectivity index (χ0) is 27.0. The quantitative estimate of drug-likeness (QED) is 0.314. The van der Waals surface area contributed by atoms with Gasteiger partial charge in [-0.05, 0) is 70.5 Å². The van der Waals surface area contributed by atoms with Crippen molar-refractivity contribution in [2.45, 2.75) is 65.7 Å². The van der Waals surface area contributed by atoms with Crippen LogP contribution in [0.25, 0.3) is 11.1 Å². The molecule has 4 nitrogen and oxygen atoms in total. The Balaban J connectivity index is 0.00000118. The number of rotatable bonds is 9. The molecule has 198 valence electrons. The molecule has 6 heteroatoms. The number of methoxy groups -OCH3 is 1. The lowest BCUT2D eigenvalue weighted by molar-refractivity contribution is -0.136. The molecule has 1 saturated carbocycles. The van der Waals surface area contributed by atoms with Crippen molar-refractivity contribution < 1.29 is 28.2 Å². The van der Waals surface area contributed by atoms with E-state index < -0.39 is 23.4 Å². The van der Waals surface area contributed by atoms with Crippen molar-refractivity contribution in [3.8, 4) is 22.6 Å². The molecule has 0 spiro atoms. The van der Waals surface area contributed by atoms with Crippen molar-refractivity contribution in [1.29, 1.82) is 0 Å². The highest BCUT2D eigenvalue weighted by Crippen LogP contribution is 2.42. The number of hydrogen-bond donors (Lipinski definition) is 1. The largest absolute Gasteiger partial charge is 0.497 e. The van der Waals surface area contributed by atoms with Crippen LogP contribution >= 0.6 is 0 Å². The van der Waals surface area contributed by atoms with Gasteiger partial charge < -0.3 is 14.6 Å². The second-order valence-electron chi connectivity index (χ2n) is 10.4. The Bertz CT molecular complexity index is 1200. The molecule has 1 aliphatic rings.